The van der Waals surface area contributed by atoms with E-state index in [1.165, 1.54) is 22.3 Å². The molecule has 0 saturated carbocycles. The van der Waals surface area contributed by atoms with Gasteiger partial charge in [0, 0.05) is 12.6 Å². The van der Waals surface area contributed by atoms with E-state index in [4.69, 9.17) is 9.47 Å². The lowest BCUT2D eigenvalue weighted by molar-refractivity contribution is -0.183. The lowest BCUT2D eigenvalue weighted by atomic mass is 9.99. The highest BCUT2D eigenvalue weighted by Gasteiger charge is 2.42. The number of hydrogen-bond donors (Lipinski definition) is 2. The molecule has 11 heteroatoms. The van der Waals surface area contributed by atoms with Crippen molar-refractivity contribution < 1.29 is 37.7 Å². The number of alkyl halides is 3. The highest BCUT2D eigenvalue weighted by molar-refractivity contribution is 7.12. The molecule has 2 aliphatic heterocycles. The van der Waals surface area contributed by atoms with Gasteiger partial charge in [0.05, 0.1) is 18.0 Å². The zero-order chi connectivity index (χ0) is 20.8. The van der Waals surface area contributed by atoms with E-state index in [9.17, 15) is 28.2 Å². The summed E-state index contributed by atoms with van der Waals surface area (Å²) < 4.78 is 49.2. The molecule has 4 atom stereocenters. The third-order valence-corrected chi connectivity index (χ3v) is 5.81. The molecule has 2 aromatic heterocycles. The van der Waals surface area contributed by atoms with Crippen molar-refractivity contribution in [2.75, 3.05) is 13.2 Å². The third kappa shape index (κ3) is 3.95. The maximum absolute atomic E-state index is 12.8. The number of aliphatic hydroxyl groups is 2. The number of ether oxygens (including phenoxy) is 2. The molecule has 0 aliphatic carbocycles. The van der Waals surface area contributed by atoms with Crippen LogP contribution >= 0.6 is 11.3 Å². The van der Waals surface area contributed by atoms with Gasteiger partial charge in [0.15, 0.2) is 6.10 Å². The zero-order valence-electron chi connectivity index (χ0n) is 14.9. The molecule has 1 amide bonds. The molecular formula is C18H17F3N2O5S. The molecule has 0 unspecified atom stereocenters. The molecule has 1 fully saturated rings. The van der Waals surface area contributed by atoms with Crippen molar-refractivity contribution in [1.82, 2.24) is 9.88 Å². The van der Waals surface area contributed by atoms with Crippen LogP contribution in [0.3, 0.4) is 0 Å². The van der Waals surface area contributed by atoms with Gasteiger partial charge in [-0.2, -0.15) is 13.2 Å². The molecule has 0 bridgehead atoms. The van der Waals surface area contributed by atoms with E-state index in [-0.39, 0.29) is 24.9 Å². The van der Waals surface area contributed by atoms with Gasteiger partial charge in [-0.1, -0.05) is 6.07 Å². The fraction of sp³-hybridized carbons (Fsp3) is 0.444. The Balaban J connectivity index is 1.38. The lowest BCUT2D eigenvalue weighted by Crippen LogP contribution is -2.57. The minimum absolute atomic E-state index is 0.0764. The summed E-state index contributed by atoms with van der Waals surface area (Å²) in [6, 6.07) is 5.02. The molecule has 0 aromatic carbocycles. The average Bonchev–Trinajstić information content (AvgIpc) is 3.24. The SMILES string of the molecule is O=C1c2sccc2CN1C[C@H]1OC[C@H](Oc2cccc(C(F)(F)F)n2)[C@@H](O)[C@H]1O. The van der Waals surface area contributed by atoms with Gasteiger partial charge in [-0.25, -0.2) is 4.98 Å². The van der Waals surface area contributed by atoms with Crippen LogP contribution in [0.15, 0.2) is 29.6 Å². The Hall–Kier alpha value is -2.21. The molecule has 1 saturated heterocycles. The zero-order valence-corrected chi connectivity index (χ0v) is 15.7. The van der Waals surface area contributed by atoms with Gasteiger partial charge in [-0.3, -0.25) is 4.79 Å². The predicted molar refractivity (Wildman–Crippen MR) is 94.5 cm³/mol. The fourth-order valence-corrected chi connectivity index (χ4v) is 4.23. The molecule has 4 heterocycles. The number of carbonyl (C=O) groups is 1. The summed E-state index contributed by atoms with van der Waals surface area (Å²) in [5.41, 5.74) is -0.220. The Kier molecular flexibility index (Phi) is 5.23. The van der Waals surface area contributed by atoms with Crippen LogP contribution < -0.4 is 4.74 Å². The topological polar surface area (TPSA) is 92.1 Å². The molecular weight excluding hydrogens is 413 g/mol. The number of carbonyl (C=O) groups excluding carboxylic acids is 1. The molecule has 2 aromatic rings. The van der Waals surface area contributed by atoms with Crippen LogP contribution in [-0.4, -0.2) is 63.6 Å². The van der Waals surface area contributed by atoms with Gasteiger partial charge in [-0.15, -0.1) is 11.3 Å². The molecule has 2 aliphatic rings. The maximum Gasteiger partial charge on any atom is 0.433 e. The van der Waals surface area contributed by atoms with Gasteiger partial charge >= 0.3 is 6.18 Å². The quantitative estimate of drug-likeness (QED) is 0.767. The van der Waals surface area contributed by atoms with Gasteiger partial charge in [0.1, 0.15) is 24.0 Å². The van der Waals surface area contributed by atoms with Crippen molar-refractivity contribution in [3.63, 3.8) is 0 Å². The highest BCUT2D eigenvalue weighted by atomic mass is 32.1. The summed E-state index contributed by atoms with van der Waals surface area (Å²) in [5.74, 6) is -0.496. The molecule has 29 heavy (non-hydrogen) atoms. The van der Waals surface area contributed by atoms with Crippen LogP contribution in [0.2, 0.25) is 0 Å². The second-order valence-electron chi connectivity index (χ2n) is 6.83. The summed E-state index contributed by atoms with van der Waals surface area (Å²) in [6.07, 6.45) is -9.39. The first kappa shape index (κ1) is 20.1. The number of rotatable bonds is 4. The molecule has 7 nitrogen and oxygen atoms in total. The van der Waals surface area contributed by atoms with E-state index >= 15 is 0 Å². The largest absolute Gasteiger partial charge is 0.469 e. The number of halogens is 3. The monoisotopic (exact) mass is 430 g/mol. The van der Waals surface area contributed by atoms with Crippen molar-refractivity contribution in [1.29, 1.82) is 0 Å². The first-order valence-electron chi connectivity index (χ1n) is 8.78. The van der Waals surface area contributed by atoms with Crippen LogP contribution in [0.4, 0.5) is 13.2 Å². The van der Waals surface area contributed by atoms with Crippen molar-refractivity contribution in [2.24, 2.45) is 0 Å². The Bertz CT molecular complexity index is 906. The second kappa shape index (κ2) is 7.56. The van der Waals surface area contributed by atoms with E-state index in [2.05, 4.69) is 4.98 Å². The van der Waals surface area contributed by atoms with Gasteiger partial charge in [0.25, 0.3) is 5.91 Å². The van der Waals surface area contributed by atoms with Crippen molar-refractivity contribution in [3.8, 4) is 5.88 Å². The van der Waals surface area contributed by atoms with Crippen molar-refractivity contribution in [2.45, 2.75) is 37.1 Å². The highest BCUT2D eigenvalue weighted by Crippen LogP contribution is 2.31. The summed E-state index contributed by atoms with van der Waals surface area (Å²) in [4.78, 5) is 17.9. The van der Waals surface area contributed by atoms with Crippen LogP contribution in [0.25, 0.3) is 0 Å². The number of pyridine rings is 1. The number of hydrogen-bond acceptors (Lipinski definition) is 7. The van der Waals surface area contributed by atoms with Crippen LogP contribution in [0.1, 0.15) is 20.9 Å². The molecule has 4 rings (SSSR count). The van der Waals surface area contributed by atoms with E-state index < -0.39 is 36.3 Å². The number of thiophene rings is 1. The predicted octanol–water partition coefficient (Wildman–Crippen LogP) is 1.69. The van der Waals surface area contributed by atoms with E-state index in [0.717, 1.165) is 17.7 Å². The summed E-state index contributed by atoms with van der Waals surface area (Å²) in [7, 11) is 0. The Morgan fingerprint density at radius 2 is 2.07 bits per heavy atom. The normalized spacial score (nSPS) is 27.2. The number of nitrogens with zero attached hydrogens (tertiary/aromatic N) is 2. The van der Waals surface area contributed by atoms with Crippen LogP contribution in [0.5, 0.6) is 5.88 Å². The van der Waals surface area contributed by atoms with E-state index in [1.54, 1.807) is 0 Å². The standard InChI is InChI=1S/C18H17F3N2O5S/c19-18(20,21)12-2-1-3-13(22-12)28-11-8-27-10(14(24)15(11)25)7-23-6-9-4-5-29-16(9)17(23)26/h1-5,10-11,14-15,24-25H,6-8H2/t10-,11+,14+,15-/m1/s1. The summed E-state index contributed by atoms with van der Waals surface area (Å²) in [6.45, 7) is 0.298. The van der Waals surface area contributed by atoms with Gasteiger partial charge < -0.3 is 24.6 Å². The molecule has 0 spiro atoms. The Labute approximate surface area is 167 Å². The number of amides is 1. The second-order valence-corrected chi connectivity index (χ2v) is 7.74. The first-order chi connectivity index (χ1) is 13.7. The van der Waals surface area contributed by atoms with E-state index in [1.807, 2.05) is 11.4 Å². The van der Waals surface area contributed by atoms with Gasteiger partial charge in [-0.05, 0) is 23.1 Å². The summed E-state index contributed by atoms with van der Waals surface area (Å²) >= 11 is 1.34. The number of fused-ring (bicyclic) bond motifs is 1. The summed E-state index contributed by atoms with van der Waals surface area (Å²) in [5, 5.41) is 22.6. The molecule has 2 N–H and O–H groups in total. The lowest BCUT2D eigenvalue weighted by Gasteiger charge is -2.38. The number of aromatic nitrogens is 1. The number of aliphatic hydroxyl groups excluding tert-OH is 2. The molecule has 0 radical (unpaired) electrons. The van der Waals surface area contributed by atoms with Crippen molar-refractivity contribution >= 4 is 17.2 Å². The fourth-order valence-electron chi connectivity index (χ4n) is 3.35. The Morgan fingerprint density at radius 3 is 2.79 bits per heavy atom. The van der Waals surface area contributed by atoms with E-state index in [0.29, 0.717) is 11.4 Å². The first-order valence-corrected chi connectivity index (χ1v) is 9.66. The Morgan fingerprint density at radius 1 is 1.28 bits per heavy atom. The average molecular weight is 430 g/mol. The van der Waals surface area contributed by atoms with Crippen LogP contribution in [-0.2, 0) is 17.5 Å². The maximum atomic E-state index is 12.8. The van der Waals surface area contributed by atoms with Gasteiger partial charge in [0.2, 0.25) is 5.88 Å². The molecule has 156 valence electrons. The minimum Gasteiger partial charge on any atom is -0.469 e. The van der Waals surface area contributed by atoms with Crippen LogP contribution in [0, 0.1) is 0 Å². The smallest absolute Gasteiger partial charge is 0.433 e. The minimum atomic E-state index is -4.63. The van der Waals surface area contributed by atoms with Crippen molar-refractivity contribution in [3.05, 3.63) is 45.8 Å². The third-order valence-electron chi connectivity index (χ3n) is 4.86.